The lowest BCUT2D eigenvalue weighted by atomic mass is 10.1. The first-order chi connectivity index (χ1) is 12.1. The van der Waals surface area contributed by atoms with Crippen LogP contribution in [0.2, 0.25) is 0 Å². The average molecular weight is 352 g/mol. The molecule has 0 bridgehead atoms. The number of nitrogens with zero attached hydrogens (tertiary/aromatic N) is 1. The molecule has 0 saturated carbocycles. The fourth-order valence-electron chi connectivity index (χ4n) is 2.47. The Morgan fingerprint density at radius 3 is 2.52 bits per heavy atom. The molecule has 1 saturated heterocycles. The van der Waals surface area contributed by atoms with E-state index in [0.717, 1.165) is 0 Å². The minimum absolute atomic E-state index is 0.0111. The third-order valence-electron chi connectivity index (χ3n) is 3.89. The van der Waals surface area contributed by atoms with Gasteiger partial charge in [0.2, 0.25) is 5.91 Å². The fraction of sp³-hybridized carbons (Fsp3) is 0.529. The minimum atomic E-state index is -0.263. The number of methoxy groups -OCH3 is 3. The Labute approximate surface area is 147 Å². The van der Waals surface area contributed by atoms with Gasteiger partial charge in [0.05, 0.1) is 26.9 Å². The molecule has 1 unspecified atom stereocenters. The van der Waals surface area contributed by atoms with Crippen LogP contribution in [0, 0.1) is 0 Å². The van der Waals surface area contributed by atoms with E-state index >= 15 is 0 Å². The molecule has 1 aliphatic rings. The number of rotatable bonds is 8. The molecule has 0 radical (unpaired) electrons. The second kappa shape index (κ2) is 9.24. The number of nitrogens with one attached hydrogen (secondary N) is 1. The number of benzene rings is 1. The zero-order valence-electron chi connectivity index (χ0n) is 14.7. The monoisotopic (exact) mass is 352 g/mol. The first-order valence-corrected chi connectivity index (χ1v) is 7.97. The molecule has 2 rings (SSSR count). The van der Waals surface area contributed by atoms with Crippen molar-refractivity contribution in [2.75, 3.05) is 54.2 Å². The highest BCUT2D eigenvalue weighted by Crippen LogP contribution is 2.22. The number of carbonyl (C=O) groups is 2. The van der Waals surface area contributed by atoms with Crippen LogP contribution < -0.4 is 14.8 Å². The van der Waals surface area contributed by atoms with Gasteiger partial charge in [-0.25, -0.2) is 0 Å². The summed E-state index contributed by atoms with van der Waals surface area (Å²) >= 11 is 0. The SMILES string of the molecule is COCCN1CC(CNC(=O)c2cc(OC)cc(OC)c2)OCC1=O. The Morgan fingerprint density at radius 2 is 1.92 bits per heavy atom. The molecule has 1 aliphatic heterocycles. The number of ether oxygens (including phenoxy) is 4. The number of hydrogen-bond acceptors (Lipinski definition) is 6. The maximum absolute atomic E-state index is 12.4. The highest BCUT2D eigenvalue weighted by atomic mass is 16.5. The van der Waals surface area contributed by atoms with Crippen LogP contribution in [0.25, 0.3) is 0 Å². The Balaban J connectivity index is 1.92. The Bertz CT molecular complexity index is 585. The molecular weight excluding hydrogens is 328 g/mol. The molecule has 0 aromatic heterocycles. The van der Waals surface area contributed by atoms with Crippen molar-refractivity contribution in [2.45, 2.75) is 6.10 Å². The van der Waals surface area contributed by atoms with Crippen LogP contribution in [0.3, 0.4) is 0 Å². The molecule has 25 heavy (non-hydrogen) atoms. The van der Waals surface area contributed by atoms with E-state index in [1.807, 2.05) is 0 Å². The summed E-state index contributed by atoms with van der Waals surface area (Å²) < 4.78 is 20.8. The summed E-state index contributed by atoms with van der Waals surface area (Å²) in [6.07, 6.45) is -0.258. The molecule has 1 aromatic rings. The van der Waals surface area contributed by atoms with Crippen molar-refractivity contribution in [2.24, 2.45) is 0 Å². The van der Waals surface area contributed by atoms with Gasteiger partial charge in [0.25, 0.3) is 5.91 Å². The van der Waals surface area contributed by atoms with Gasteiger partial charge in [0.1, 0.15) is 18.1 Å². The summed E-state index contributed by atoms with van der Waals surface area (Å²) in [4.78, 5) is 25.8. The maximum atomic E-state index is 12.4. The summed E-state index contributed by atoms with van der Waals surface area (Å²) in [6, 6.07) is 4.96. The van der Waals surface area contributed by atoms with E-state index in [9.17, 15) is 9.59 Å². The average Bonchev–Trinajstić information content (AvgIpc) is 2.65. The summed E-state index contributed by atoms with van der Waals surface area (Å²) in [6.45, 7) is 1.71. The third kappa shape index (κ3) is 5.33. The second-order valence-corrected chi connectivity index (χ2v) is 5.58. The Hall–Kier alpha value is -2.32. The Kier molecular flexibility index (Phi) is 7.03. The first-order valence-electron chi connectivity index (χ1n) is 7.97. The van der Waals surface area contributed by atoms with Crippen molar-refractivity contribution in [3.05, 3.63) is 23.8 Å². The van der Waals surface area contributed by atoms with E-state index in [0.29, 0.717) is 43.3 Å². The zero-order valence-corrected chi connectivity index (χ0v) is 14.7. The van der Waals surface area contributed by atoms with E-state index < -0.39 is 0 Å². The topological polar surface area (TPSA) is 86.3 Å². The smallest absolute Gasteiger partial charge is 0.251 e. The summed E-state index contributed by atoms with van der Waals surface area (Å²) in [5, 5.41) is 2.82. The van der Waals surface area contributed by atoms with Crippen LogP contribution in [-0.4, -0.2) is 77.0 Å². The minimum Gasteiger partial charge on any atom is -0.497 e. The molecule has 8 nitrogen and oxygen atoms in total. The van der Waals surface area contributed by atoms with E-state index in [4.69, 9.17) is 18.9 Å². The van der Waals surface area contributed by atoms with Crippen LogP contribution >= 0.6 is 0 Å². The molecule has 1 aromatic carbocycles. The summed E-state index contributed by atoms with van der Waals surface area (Å²) in [5.74, 6) is 0.739. The lowest BCUT2D eigenvalue weighted by Gasteiger charge is -2.32. The standard InChI is InChI=1S/C17H24N2O6/c1-22-5-4-19-10-15(25-11-16(19)20)9-18-17(21)12-6-13(23-2)8-14(7-12)24-3/h6-8,15H,4-5,9-11H2,1-3H3,(H,18,21). The van der Waals surface area contributed by atoms with Gasteiger partial charge in [-0.3, -0.25) is 9.59 Å². The van der Waals surface area contributed by atoms with E-state index in [2.05, 4.69) is 5.32 Å². The number of carbonyl (C=O) groups excluding carboxylic acids is 2. The lowest BCUT2D eigenvalue weighted by Crippen LogP contribution is -2.51. The molecule has 0 spiro atoms. The predicted molar refractivity (Wildman–Crippen MR) is 90.1 cm³/mol. The van der Waals surface area contributed by atoms with Gasteiger partial charge in [0.15, 0.2) is 0 Å². The Morgan fingerprint density at radius 1 is 1.24 bits per heavy atom. The normalized spacial score (nSPS) is 17.3. The molecule has 1 heterocycles. The number of hydrogen-bond donors (Lipinski definition) is 1. The van der Waals surface area contributed by atoms with Gasteiger partial charge in [0, 0.05) is 38.4 Å². The largest absolute Gasteiger partial charge is 0.497 e. The predicted octanol–water partition coefficient (Wildman–Crippen LogP) is 0.307. The molecule has 1 fully saturated rings. The van der Waals surface area contributed by atoms with E-state index in [1.165, 1.54) is 14.2 Å². The highest BCUT2D eigenvalue weighted by molar-refractivity contribution is 5.95. The van der Waals surface area contributed by atoms with Crippen molar-refractivity contribution in [3.63, 3.8) is 0 Å². The molecule has 1 N–H and O–H groups in total. The van der Waals surface area contributed by atoms with Gasteiger partial charge < -0.3 is 29.2 Å². The van der Waals surface area contributed by atoms with Crippen molar-refractivity contribution >= 4 is 11.8 Å². The molecular formula is C17H24N2O6. The molecule has 2 amide bonds. The quantitative estimate of drug-likeness (QED) is 0.725. The van der Waals surface area contributed by atoms with Gasteiger partial charge in [-0.05, 0) is 12.1 Å². The van der Waals surface area contributed by atoms with Crippen LogP contribution in [0.15, 0.2) is 18.2 Å². The van der Waals surface area contributed by atoms with Crippen LogP contribution in [0.5, 0.6) is 11.5 Å². The van der Waals surface area contributed by atoms with Gasteiger partial charge in [-0.15, -0.1) is 0 Å². The molecule has 138 valence electrons. The number of amides is 2. The fourth-order valence-corrected chi connectivity index (χ4v) is 2.47. The maximum Gasteiger partial charge on any atom is 0.251 e. The van der Waals surface area contributed by atoms with Gasteiger partial charge in [-0.1, -0.05) is 0 Å². The molecule has 8 heteroatoms. The van der Waals surface area contributed by atoms with Crippen molar-refractivity contribution in [1.29, 1.82) is 0 Å². The summed E-state index contributed by atoms with van der Waals surface area (Å²) in [5.41, 5.74) is 0.430. The van der Waals surface area contributed by atoms with Crippen molar-refractivity contribution in [1.82, 2.24) is 10.2 Å². The highest BCUT2D eigenvalue weighted by Gasteiger charge is 2.26. The van der Waals surface area contributed by atoms with E-state index in [-0.39, 0.29) is 24.5 Å². The molecule has 0 aliphatic carbocycles. The van der Waals surface area contributed by atoms with Crippen molar-refractivity contribution < 1.29 is 28.5 Å². The van der Waals surface area contributed by atoms with E-state index in [1.54, 1.807) is 30.2 Å². The lowest BCUT2D eigenvalue weighted by molar-refractivity contribution is -0.149. The van der Waals surface area contributed by atoms with Crippen molar-refractivity contribution in [3.8, 4) is 11.5 Å². The third-order valence-corrected chi connectivity index (χ3v) is 3.89. The second-order valence-electron chi connectivity index (χ2n) is 5.58. The zero-order chi connectivity index (χ0) is 18.2. The summed E-state index contributed by atoms with van der Waals surface area (Å²) in [7, 11) is 4.64. The van der Waals surface area contributed by atoms with Crippen LogP contribution in [0.1, 0.15) is 10.4 Å². The van der Waals surface area contributed by atoms with Crippen LogP contribution in [-0.2, 0) is 14.3 Å². The van der Waals surface area contributed by atoms with Gasteiger partial charge in [-0.2, -0.15) is 0 Å². The molecule has 1 atom stereocenters. The van der Waals surface area contributed by atoms with Crippen LogP contribution in [0.4, 0.5) is 0 Å². The number of morpholine rings is 1. The first kappa shape index (κ1) is 19.0. The van der Waals surface area contributed by atoms with Gasteiger partial charge >= 0.3 is 0 Å².